The van der Waals surface area contributed by atoms with E-state index in [0.29, 0.717) is 6.54 Å². The van der Waals surface area contributed by atoms with Crippen LogP contribution in [0, 0.1) is 0 Å². The van der Waals surface area contributed by atoms with Crippen molar-refractivity contribution >= 4 is 27.7 Å². The van der Waals surface area contributed by atoms with Crippen molar-refractivity contribution in [3.63, 3.8) is 0 Å². The van der Waals surface area contributed by atoms with Crippen molar-refractivity contribution in [3.05, 3.63) is 58.7 Å². The fourth-order valence-corrected chi connectivity index (χ4v) is 3.70. The number of amides is 1. The third-order valence-electron chi connectivity index (χ3n) is 4.46. The van der Waals surface area contributed by atoms with E-state index < -0.39 is 0 Å². The molecular weight excluding hydrogens is 380 g/mol. The van der Waals surface area contributed by atoms with Gasteiger partial charge in [0.25, 0.3) is 0 Å². The topological polar surface area (TPSA) is 48.5 Å². The van der Waals surface area contributed by atoms with Crippen LogP contribution in [0.1, 0.15) is 18.5 Å². The number of pyridine rings is 1. The standard InChI is InChI=1S/C19H23BrN4O/c1-15(16-6-2-3-7-17(16)20)22-19(25)14-23-10-12-24(13-11-23)18-8-4-5-9-21-18/h2-9,15H,10-14H2,1H3,(H,22,25)/t15-/m1/s1. The Hall–Kier alpha value is -1.92. The lowest BCUT2D eigenvalue weighted by Gasteiger charge is -2.35. The number of nitrogens with one attached hydrogen (secondary N) is 1. The smallest absolute Gasteiger partial charge is 0.234 e. The molecule has 1 N–H and O–H groups in total. The minimum Gasteiger partial charge on any atom is -0.354 e. The number of halogens is 1. The molecule has 0 aliphatic carbocycles. The number of aromatic nitrogens is 1. The summed E-state index contributed by atoms with van der Waals surface area (Å²) in [5, 5.41) is 3.09. The van der Waals surface area contributed by atoms with Crippen LogP contribution >= 0.6 is 15.9 Å². The van der Waals surface area contributed by atoms with Crippen LogP contribution in [-0.2, 0) is 4.79 Å². The number of carbonyl (C=O) groups excluding carboxylic acids is 1. The fourth-order valence-electron chi connectivity index (χ4n) is 3.07. The molecule has 1 aliphatic rings. The Labute approximate surface area is 157 Å². The molecule has 0 bridgehead atoms. The molecule has 1 aliphatic heterocycles. The molecule has 1 amide bonds. The van der Waals surface area contributed by atoms with Crippen molar-refractivity contribution in [1.29, 1.82) is 0 Å². The lowest BCUT2D eigenvalue weighted by Crippen LogP contribution is -2.49. The number of nitrogens with zero attached hydrogens (tertiary/aromatic N) is 3. The molecule has 2 aromatic rings. The summed E-state index contributed by atoms with van der Waals surface area (Å²) in [6.45, 7) is 5.97. The summed E-state index contributed by atoms with van der Waals surface area (Å²) in [6.07, 6.45) is 1.82. The van der Waals surface area contributed by atoms with Gasteiger partial charge < -0.3 is 10.2 Å². The molecule has 132 valence electrons. The fraction of sp³-hybridized carbons (Fsp3) is 0.368. The molecule has 2 heterocycles. The molecule has 0 saturated carbocycles. The second-order valence-corrected chi connectivity index (χ2v) is 7.12. The zero-order valence-corrected chi connectivity index (χ0v) is 15.9. The van der Waals surface area contributed by atoms with Gasteiger partial charge in [-0.25, -0.2) is 4.98 Å². The minimum atomic E-state index is -0.0158. The van der Waals surface area contributed by atoms with Gasteiger partial charge in [0.05, 0.1) is 12.6 Å². The Kier molecular flexibility index (Phi) is 6.04. The Bertz CT molecular complexity index is 702. The first-order valence-corrected chi connectivity index (χ1v) is 9.35. The molecule has 0 radical (unpaired) electrons. The van der Waals surface area contributed by atoms with Gasteiger partial charge in [-0.05, 0) is 30.7 Å². The first-order valence-electron chi connectivity index (χ1n) is 8.55. The predicted molar refractivity (Wildman–Crippen MR) is 104 cm³/mol. The number of rotatable bonds is 5. The molecule has 1 fully saturated rings. The third kappa shape index (κ3) is 4.80. The van der Waals surface area contributed by atoms with Gasteiger partial charge in [-0.3, -0.25) is 9.69 Å². The van der Waals surface area contributed by atoms with Gasteiger partial charge in [-0.1, -0.05) is 40.2 Å². The van der Waals surface area contributed by atoms with Gasteiger partial charge in [0.15, 0.2) is 0 Å². The van der Waals surface area contributed by atoms with E-state index in [2.05, 4.69) is 36.0 Å². The van der Waals surface area contributed by atoms with Crippen molar-refractivity contribution in [1.82, 2.24) is 15.2 Å². The molecule has 1 saturated heterocycles. The molecule has 25 heavy (non-hydrogen) atoms. The van der Waals surface area contributed by atoms with E-state index in [1.165, 1.54) is 0 Å². The second-order valence-electron chi connectivity index (χ2n) is 6.26. The number of hydrogen-bond acceptors (Lipinski definition) is 4. The van der Waals surface area contributed by atoms with Gasteiger partial charge in [-0.2, -0.15) is 0 Å². The quantitative estimate of drug-likeness (QED) is 0.834. The van der Waals surface area contributed by atoms with Crippen molar-refractivity contribution in [2.24, 2.45) is 0 Å². The number of carbonyl (C=O) groups is 1. The van der Waals surface area contributed by atoms with E-state index in [9.17, 15) is 4.79 Å². The summed E-state index contributed by atoms with van der Waals surface area (Å²) >= 11 is 3.54. The zero-order valence-electron chi connectivity index (χ0n) is 14.4. The lowest BCUT2D eigenvalue weighted by molar-refractivity contribution is -0.123. The van der Waals surface area contributed by atoms with Crippen molar-refractivity contribution in [2.45, 2.75) is 13.0 Å². The first-order chi connectivity index (χ1) is 12.1. The van der Waals surface area contributed by atoms with Gasteiger partial charge in [0, 0.05) is 36.8 Å². The van der Waals surface area contributed by atoms with E-state index >= 15 is 0 Å². The maximum Gasteiger partial charge on any atom is 0.234 e. The lowest BCUT2D eigenvalue weighted by atomic mass is 10.1. The van der Waals surface area contributed by atoms with Crippen LogP contribution in [0.15, 0.2) is 53.1 Å². The Morgan fingerprint density at radius 1 is 1.16 bits per heavy atom. The van der Waals surface area contributed by atoms with E-state index in [4.69, 9.17) is 0 Å². The largest absolute Gasteiger partial charge is 0.354 e. The van der Waals surface area contributed by atoms with Crippen molar-refractivity contribution < 1.29 is 4.79 Å². The van der Waals surface area contributed by atoms with Crippen LogP contribution in [0.25, 0.3) is 0 Å². The van der Waals surface area contributed by atoms with E-state index in [-0.39, 0.29) is 11.9 Å². The molecule has 6 heteroatoms. The molecule has 1 aromatic carbocycles. The number of hydrogen-bond donors (Lipinski definition) is 1. The van der Waals surface area contributed by atoms with Gasteiger partial charge in [-0.15, -0.1) is 0 Å². The van der Waals surface area contributed by atoms with Crippen LogP contribution < -0.4 is 10.2 Å². The van der Waals surface area contributed by atoms with Crippen LogP contribution in [0.2, 0.25) is 0 Å². The van der Waals surface area contributed by atoms with Gasteiger partial charge in [0.1, 0.15) is 5.82 Å². The molecule has 5 nitrogen and oxygen atoms in total. The summed E-state index contributed by atoms with van der Waals surface area (Å²) in [5.74, 6) is 1.07. The maximum atomic E-state index is 12.4. The molecule has 1 aromatic heterocycles. The highest BCUT2D eigenvalue weighted by Crippen LogP contribution is 2.22. The second kappa shape index (κ2) is 8.45. The molecule has 1 atom stereocenters. The zero-order chi connectivity index (χ0) is 17.6. The molecule has 0 spiro atoms. The highest BCUT2D eigenvalue weighted by atomic mass is 79.9. The maximum absolute atomic E-state index is 12.4. The Balaban J connectivity index is 1.47. The molecule has 3 rings (SSSR count). The van der Waals surface area contributed by atoms with Crippen molar-refractivity contribution in [3.8, 4) is 0 Å². The highest BCUT2D eigenvalue weighted by molar-refractivity contribution is 9.10. The summed E-state index contributed by atoms with van der Waals surface area (Å²) < 4.78 is 1.02. The van der Waals surface area contributed by atoms with E-state index in [0.717, 1.165) is 42.0 Å². The Morgan fingerprint density at radius 2 is 1.88 bits per heavy atom. The summed E-state index contributed by atoms with van der Waals surface area (Å²) in [5.41, 5.74) is 1.09. The van der Waals surface area contributed by atoms with E-state index in [1.807, 2.05) is 55.6 Å². The summed E-state index contributed by atoms with van der Waals surface area (Å²) in [7, 11) is 0. The Morgan fingerprint density at radius 3 is 2.56 bits per heavy atom. The number of benzene rings is 1. The number of piperazine rings is 1. The van der Waals surface area contributed by atoms with Gasteiger partial charge >= 0.3 is 0 Å². The first kappa shape index (κ1) is 17.9. The molecular formula is C19H23BrN4O. The summed E-state index contributed by atoms with van der Waals surface area (Å²) in [6, 6.07) is 13.9. The number of anilines is 1. The SMILES string of the molecule is C[C@@H](NC(=O)CN1CCN(c2ccccn2)CC1)c1ccccc1Br. The summed E-state index contributed by atoms with van der Waals surface area (Å²) in [4.78, 5) is 21.2. The third-order valence-corrected chi connectivity index (χ3v) is 5.18. The van der Waals surface area contributed by atoms with Crippen LogP contribution in [0.5, 0.6) is 0 Å². The van der Waals surface area contributed by atoms with Crippen LogP contribution in [0.4, 0.5) is 5.82 Å². The van der Waals surface area contributed by atoms with E-state index in [1.54, 1.807) is 0 Å². The minimum absolute atomic E-state index is 0.0158. The van der Waals surface area contributed by atoms with Gasteiger partial charge in [0.2, 0.25) is 5.91 Å². The average Bonchev–Trinajstić information content (AvgIpc) is 2.63. The monoisotopic (exact) mass is 402 g/mol. The normalized spacial score (nSPS) is 16.5. The molecule has 0 unspecified atom stereocenters. The van der Waals surface area contributed by atoms with Crippen LogP contribution in [0.3, 0.4) is 0 Å². The average molecular weight is 403 g/mol. The predicted octanol–water partition coefficient (Wildman–Crippen LogP) is 2.84. The highest BCUT2D eigenvalue weighted by Gasteiger charge is 2.20. The van der Waals surface area contributed by atoms with Crippen LogP contribution in [-0.4, -0.2) is 48.5 Å². The van der Waals surface area contributed by atoms with Crippen molar-refractivity contribution in [2.75, 3.05) is 37.6 Å².